The van der Waals surface area contributed by atoms with Gasteiger partial charge < -0.3 is 10.1 Å². The Kier molecular flexibility index (Phi) is 5.52. The largest absolute Gasteiger partial charge is 0.493 e. The molecule has 3 atom stereocenters. The minimum Gasteiger partial charge on any atom is -0.493 e. The molecule has 4 heteroatoms. The Morgan fingerprint density at radius 3 is 2.90 bits per heavy atom. The van der Waals surface area contributed by atoms with Crippen molar-refractivity contribution in [3.8, 4) is 5.75 Å². The molecule has 0 saturated heterocycles. The molecule has 3 unspecified atom stereocenters. The molecule has 2 nitrogen and oxygen atoms in total. The Balaban J connectivity index is 1.78. The van der Waals surface area contributed by atoms with E-state index in [0.717, 1.165) is 28.5 Å². The minimum absolute atomic E-state index is 0.438. The van der Waals surface area contributed by atoms with Crippen molar-refractivity contribution in [1.82, 2.24) is 5.32 Å². The highest BCUT2D eigenvalue weighted by Crippen LogP contribution is 2.36. The minimum atomic E-state index is 0.438. The van der Waals surface area contributed by atoms with Crippen molar-refractivity contribution in [3.05, 3.63) is 28.2 Å². The molecule has 21 heavy (non-hydrogen) atoms. The number of ether oxygens (including phenoxy) is 1. The van der Waals surface area contributed by atoms with Gasteiger partial charge in [0.25, 0.3) is 0 Å². The third-order valence-corrected chi connectivity index (χ3v) is 6.33. The number of nitrogens with one attached hydrogen (secondary N) is 1. The SMILES string of the molecule is CSC1CCCCC1NC1CCCOc2cc(Br)ccc21. The van der Waals surface area contributed by atoms with E-state index < -0.39 is 0 Å². The lowest BCUT2D eigenvalue weighted by Crippen LogP contribution is -2.42. The number of fused-ring (bicyclic) bond motifs is 1. The molecule has 1 aromatic carbocycles. The first-order chi connectivity index (χ1) is 10.3. The van der Waals surface area contributed by atoms with Crippen LogP contribution in [-0.2, 0) is 0 Å². The van der Waals surface area contributed by atoms with Crippen LogP contribution < -0.4 is 10.1 Å². The summed E-state index contributed by atoms with van der Waals surface area (Å²) in [5.41, 5.74) is 1.33. The van der Waals surface area contributed by atoms with Crippen LogP contribution in [0.5, 0.6) is 5.75 Å². The van der Waals surface area contributed by atoms with E-state index in [-0.39, 0.29) is 0 Å². The van der Waals surface area contributed by atoms with E-state index in [1.165, 1.54) is 37.7 Å². The molecule has 0 amide bonds. The van der Waals surface area contributed by atoms with Crippen LogP contribution in [0.15, 0.2) is 22.7 Å². The van der Waals surface area contributed by atoms with E-state index in [9.17, 15) is 0 Å². The summed E-state index contributed by atoms with van der Waals surface area (Å²) < 4.78 is 7.03. The molecule has 3 rings (SSSR count). The summed E-state index contributed by atoms with van der Waals surface area (Å²) in [5.74, 6) is 1.05. The predicted molar refractivity (Wildman–Crippen MR) is 94.3 cm³/mol. The van der Waals surface area contributed by atoms with E-state index in [1.54, 1.807) is 0 Å². The smallest absolute Gasteiger partial charge is 0.125 e. The zero-order valence-corrected chi connectivity index (χ0v) is 15.0. The number of hydrogen-bond donors (Lipinski definition) is 1. The van der Waals surface area contributed by atoms with Crippen molar-refractivity contribution < 1.29 is 4.74 Å². The fourth-order valence-corrected chi connectivity index (χ4v) is 4.83. The first kappa shape index (κ1) is 15.7. The Hall–Kier alpha value is -0.190. The molecule has 2 aliphatic rings. The van der Waals surface area contributed by atoms with Crippen molar-refractivity contribution in [2.24, 2.45) is 0 Å². The average molecular weight is 370 g/mol. The van der Waals surface area contributed by atoms with Gasteiger partial charge >= 0.3 is 0 Å². The molecule has 116 valence electrons. The van der Waals surface area contributed by atoms with Gasteiger partial charge in [-0.2, -0.15) is 11.8 Å². The molecular formula is C17H24BrNOS. The quantitative estimate of drug-likeness (QED) is 0.816. The monoisotopic (exact) mass is 369 g/mol. The van der Waals surface area contributed by atoms with E-state index >= 15 is 0 Å². The van der Waals surface area contributed by atoms with E-state index in [4.69, 9.17) is 4.74 Å². The van der Waals surface area contributed by atoms with E-state index in [1.807, 2.05) is 11.8 Å². The lowest BCUT2D eigenvalue weighted by Gasteiger charge is -2.34. The maximum absolute atomic E-state index is 5.93. The van der Waals surface area contributed by atoms with Crippen LogP contribution in [0.3, 0.4) is 0 Å². The first-order valence-electron chi connectivity index (χ1n) is 7.99. The van der Waals surface area contributed by atoms with Crippen molar-refractivity contribution in [2.75, 3.05) is 12.9 Å². The summed E-state index contributed by atoms with van der Waals surface area (Å²) in [4.78, 5) is 0. The van der Waals surface area contributed by atoms with Crippen LogP contribution in [0.25, 0.3) is 0 Å². The Bertz CT molecular complexity index is 482. The summed E-state index contributed by atoms with van der Waals surface area (Å²) in [6.07, 6.45) is 9.98. The topological polar surface area (TPSA) is 21.3 Å². The van der Waals surface area contributed by atoms with Gasteiger partial charge in [0.15, 0.2) is 0 Å². The normalized spacial score (nSPS) is 29.3. The molecule has 0 radical (unpaired) electrons. The summed E-state index contributed by atoms with van der Waals surface area (Å²) >= 11 is 5.58. The van der Waals surface area contributed by atoms with E-state index in [0.29, 0.717) is 12.1 Å². The van der Waals surface area contributed by atoms with E-state index in [2.05, 4.69) is 45.7 Å². The molecular weight excluding hydrogens is 346 g/mol. The van der Waals surface area contributed by atoms with Gasteiger partial charge in [0.2, 0.25) is 0 Å². The fourth-order valence-electron chi connectivity index (χ4n) is 3.55. The number of benzene rings is 1. The number of hydrogen-bond acceptors (Lipinski definition) is 3. The zero-order valence-electron chi connectivity index (χ0n) is 12.6. The lowest BCUT2D eigenvalue weighted by molar-refractivity contribution is 0.310. The predicted octanol–water partition coefficient (Wildman–Crippen LogP) is 4.93. The van der Waals surface area contributed by atoms with Gasteiger partial charge in [-0.25, -0.2) is 0 Å². The van der Waals surface area contributed by atoms with Gasteiger partial charge in [-0.1, -0.05) is 34.8 Å². The third kappa shape index (κ3) is 3.77. The van der Waals surface area contributed by atoms with Crippen LogP contribution in [0.2, 0.25) is 0 Å². The van der Waals surface area contributed by atoms with Gasteiger partial charge in [-0.3, -0.25) is 0 Å². The average Bonchev–Trinajstić information content (AvgIpc) is 2.70. The molecule has 1 N–H and O–H groups in total. The lowest BCUT2D eigenvalue weighted by atomic mass is 9.92. The van der Waals surface area contributed by atoms with Crippen LogP contribution in [0, 0.1) is 0 Å². The highest BCUT2D eigenvalue weighted by molar-refractivity contribution is 9.10. The number of rotatable bonds is 3. The second kappa shape index (κ2) is 7.38. The van der Waals surface area contributed by atoms with Gasteiger partial charge in [-0.15, -0.1) is 0 Å². The maximum Gasteiger partial charge on any atom is 0.125 e. The van der Waals surface area contributed by atoms with Gasteiger partial charge in [-0.05, 0) is 44.1 Å². The van der Waals surface area contributed by atoms with Crippen LogP contribution in [-0.4, -0.2) is 24.2 Å². The second-order valence-electron chi connectivity index (χ2n) is 6.06. The molecule has 1 heterocycles. The third-order valence-electron chi connectivity index (χ3n) is 4.67. The van der Waals surface area contributed by atoms with Gasteiger partial charge in [0.05, 0.1) is 6.61 Å². The number of thioether (sulfide) groups is 1. The van der Waals surface area contributed by atoms with Crippen LogP contribution >= 0.6 is 27.7 Å². The summed E-state index contributed by atoms with van der Waals surface area (Å²) in [7, 11) is 0. The Morgan fingerprint density at radius 2 is 2.05 bits per heavy atom. The summed E-state index contributed by atoms with van der Waals surface area (Å²) in [6, 6.07) is 7.55. The fraction of sp³-hybridized carbons (Fsp3) is 0.647. The Morgan fingerprint density at radius 1 is 1.19 bits per heavy atom. The van der Waals surface area contributed by atoms with Crippen molar-refractivity contribution >= 4 is 27.7 Å². The Labute approximate surface area is 140 Å². The standard InChI is InChI=1S/C17H24BrNOS/c1-21-17-7-3-2-5-15(17)19-14-6-4-10-20-16-11-12(18)8-9-13(14)16/h8-9,11,14-15,17,19H,2-7,10H2,1H3. The molecule has 1 aromatic rings. The van der Waals surface area contributed by atoms with Crippen LogP contribution in [0.4, 0.5) is 0 Å². The maximum atomic E-state index is 5.93. The molecule has 0 aromatic heterocycles. The molecule has 1 aliphatic carbocycles. The molecule has 1 aliphatic heterocycles. The van der Waals surface area contributed by atoms with Gasteiger partial charge in [0.1, 0.15) is 5.75 Å². The highest BCUT2D eigenvalue weighted by Gasteiger charge is 2.28. The first-order valence-corrected chi connectivity index (χ1v) is 10.1. The molecule has 0 bridgehead atoms. The molecule has 1 fully saturated rings. The second-order valence-corrected chi connectivity index (χ2v) is 8.05. The summed E-state index contributed by atoms with van der Waals surface area (Å²) in [5, 5.41) is 4.72. The molecule has 1 saturated carbocycles. The van der Waals surface area contributed by atoms with Crippen molar-refractivity contribution in [2.45, 2.75) is 55.9 Å². The van der Waals surface area contributed by atoms with Crippen molar-refractivity contribution in [3.63, 3.8) is 0 Å². The van der Waals surface area contributed by atoms with Gasteiger partial charge in [0, 0.05) is 27.4 Å². The number of halogens is 1. The summed E-state index contributed by atoms with van der Waals surface area (Å²) in [6.45, 7) is 0.832. The van der Waals surface area contributed by atoms with Crippen LogP contribution in [0.1, 0.15) is 50.1 Å². The highest BCUT2D eigenvalue weighted by atomic mass is 79.9. The molecule has 0 spiro atoms. The zero-order chi connectivity index (χ0) is 14.7. The van der Waals surface area contributed by atoms with Crippen molar-refractivity contribution in [1.29, 1.82) is 0 Å².